The Balaban J connectivity index is 0.972. The molecule has 12 heteroatoms. The number of ether oxygens (including phenoxy) is 1. The van der Waals surface area contributed by atoms with E-state index in [1.54, 1.807) is 23.1 Å². The van der Waals surface area contributed by atoms with Crippen LogP contribution in [0.2, 0.25) is 0 Å². The Morgan fingerprint density at radius 1 is 0.833 bits per heavy atom. The monoisotopic (exact) mass is 730 g/mol. The number of rotatable bonds is 12. The highest BCUT2D eigenvalue weighted by Gasteiger charge is 2.32. The zero-order chi connectivity index (χ0) is 37.6. The van der Waals surface area contributed by atoms with Crippen LogP contribution in [0.25, 0.3) is 21.9 Å². The van der Waals surface area contributed by atoms with Gasteiger partial charge in [-0.25, -0.2) is 14.3 Å². The van der Waals surface area contributed by atoms with Crippen molar-refractivity contribution < 1.29 is 23.5 Å². The van der Waals surface area contributed by atoms with Crippen molar-refractivity contribution in [1.29, 1.82) is 0 Å². The van der Waals surface area contributed by atoms with Gasteiger partial charge in [0.15, 0.2) is 0 Å². The Morgan fingerprint density at radius 3 is 2.19 bits per heavy atom. The fourth-order valence-electron chi connectivity index (χ4n) is 7.48. The van der Waals surface area contributed by atoms with Gasteiger partial charge in [0.25, 0.3) is 11.5 Å². The molecule has 54 heavy (non-hydrogen) atoms. The van der Waals surface area contributed by atoms with E-state index in [0.717, 1.165) is 35.1 Å². The van der Waals surface area contributed by atoms with E-state index in [1.807, 2.05) is 36.4 Å². The maximum atomic E-state index is 15.1. The van der Waals surface area contributed by atoms with E-state index >= 15 is 4.39 Å². The zero-order valence-corrected chi connectivity index (χ0v) is 30.0. The largest absolute Gasteiger partial charge is 0.448 e. The third kappa shape index (κ3) is 7.74. The van der Waals surface area contributed by atoms with Crippen molar-refractivity contribution in [1.82, 2.24) is 24.9 Å². The highest BCUT2D eigenvalue weighted by atomic mass is 19.1. The van der Waals surface area contributed by atoms with E-state index in [1.165, 1.54) is 21.9 Å². The van der Waals surface area contributed by atoms with Gasteiger partial charge in [-0.05, 0) is 65.4 Å². The first-order chi connectivity index (χ1) is 26.3. The molecule has 2 aliphatic rings. The van der Waals surface area contributed by atoms with Crippen LogP contribution in [0.15, 0.2) is 95.8 Å². The van der Waals surface area contributed by atoms with Crippen LogP contribution >= 0.6 is 0 Å². The molecule has 4 aromatic carbocycles. The van der Waals surface area contributed by atoms with E-state index in [-0.39, 0.29) is 68.7 Å². The first-order valence-corrected chi connectivity index (χ1v) is 18.4. The summed E-state index contributed by atoms with van der Waals surface area (Å²) in [6.45, 7) is 1.79. The van der Waals surface area contributed by atoms with Crippen LogP contribution in [0.5, 0.6) is 0 Å². The molecule has 7 rings (SSSR count). The van der Waals surface area contributed by atoms with Crippen LogP contribution in [0, 0.1) is 5.82 Å². The second-order valence-electron chi connectivity index (χ2n) is 13.8. The lowest BCUT2D eigenvalue weighted by molar-refractivity contribution is -0.133. The van der Waals surface area contributed by atoms with Crippen LogP contribution in [-0.4, -0.2) is 95.2 Å². The number of aromatic amines is 1. The third-order valence-electron chi connectivity index (χ3n) is 10.4. The molecule has 1 aliphatic carbocycles. The molecule has 3 amide bonds. The van der Waals surface area contributed by atoms with Gasteiger partial charge in [-0.15, -0.1) is 0 Å². The summed E-state index contributed by atoms with van der Waals surface area (Å²) in [6.07, 6.45) is 2.04. The van der Waals surface area contributed by atoms with E-state index in [2.05, 4.69) is 34.5 Å². The number of aromatic nitrogens is 2. The second-order valence-corrected chi connectivity index (χ2v) is 13.8. The number of amides is 3. The minimum Gasteiger partial charge on any atom is -0.448 e. The number of H-pyrrole nitrogens is 1. The third-order valence-corrected chi connectivity index (χ3v) is 10.4. The molecule has 0 atom stereocenters. The quantitative estimate of drug-likeness (QED) is 0.166. The van der Waals surface area contributed by atoms with Gasteiger partial charge in [-0.2, -0.15) is 5.10 Å². The molecule has 11 nitrogen and oxygen atoms in total. The highest BCUT2D eigenvalue weighted by Crippen LogP contribution is 2.44. The summed E-state index contributed by atoms with van der Waals surface area (Å²) in [5.74, 6) is -1.47. The van der Waals surface area contributed by atoms with Crippen LogP contribution < -0.4 is 11.3 Å². The molecular weight excluding hydrogens is 687 g/mol. The minimum absolute atomic E-state index is 0.0695. The summed E-state index contributed by atoms with van der Waals surface area (Å²) in [5.41, 5.74) is 11.1. The molecule has 2 heterocycles. The van der Waals surface area contributed by atoms with Crippen molar-refractivity contribution in [2.45, 2.75) is 31.6 Å². The summed E-state index contributed by atoms with van der Waals surface area (Å²) in [7, 11) is 0. The van der Waals surface area contributed by atoms with Crippen LogP contribution in [0.1, 0.15) is 57.9 Å². The predicted octanol–water partition coefficient (Wildman–Crippen LogP) is 5.32. The van der Waals surface area contributed by atoms with E-state index < -0.39 is 17.8 Å². The maximum Gasteiger partial charge on any atom is 0.410 e. The normalized spacial score (nSPS) is 13.8. The lowest BCUT2D eigenvalue weighted by atomic mass is 9.98. The molecule has 1 aromatic heterocycles. The number of nitrogens with one attached hydrogen (secondary N) is 1. The van der Waals surface area contributed by atoms with Crippen molar-refractivity contribution in [3.8, 4) is 11.1 Å². The number of nitrogens with zero attached hydrogens (tertiary/aromatic N) is 4. The second kappa shape index (κ2) is 16.4. The summed E-state index contributed by atoms with van der Waals surface area (Å²) < 4.78 is 21.0. The number of carbonyl (C=O) groups excluding carboxylic acids is 3. The smallest absolute Gasteiger partial charge is 0.410 e. The highest BCUT2D eigenvalue weighted by molar-refractivity contribution is 5.95. The number of benzene rings is 4. The standard InChI is InChI=1S/C42H43FN6O5/c43-37-17-16-28(25-38-33-14-6-7-15-34(33)40(51)46-45-38)24-35(37)41(52)48-22-20-47(21-23-48)39(50)26-49(19-9-1-8-18-44)42(53)54-27-36-31-12-4-2-10-29(31)30-11-3-5-13-32(30)36/h2-7,10-17,24,36H,1,8-9,18-23,25-27,44H2,(H,46,51). The van der Waals surface area contributed by atoms with Crippen molar-refractivity contribution in [2.75, 3.05) is 52.4 Å². The predicted molar refractivity (Wildman–Crippen MR) is 204 cm³/mol. The van der Waals surface area contributed by atoms with Crippen LogP contribution in [0.4, 0.5) is 9.18 Å². The molecule has 0 saturated carbocycles. The lowest BCUT2D eigenvalue weighted by Gasteiger charge is -2.36. The number of fused-ring (bicyclic) bond motifs is 4. The van der Waals surface area contributed by atoms with Gasteiger partial charge in [-0.3, -0.25) is 19.3 Å². The summed E-state index contributed by atoms with van der Waals surface area (Å²) >= 11 is 0. The van der Waals surface area contributed by atoms with E-state index in [4.69, 9.17) is 10.5 Å². The zero-order valence-electron chi connectivity index (χ0n) is 30.0. The topological polar surface area (TPSA) is 142 Å². The molecule has 1 fully saturated rings. The van der Waals surface area contributed by atoms with E-state index in [9.17, 15) is 19.2 Å². The fraction of sp³-hybridized carbons (Fsp3) is 0.310. The van der Waals surface area contributed by atoms with Gasteiger partial charge in [0, 0.05) is 50.4 Å². The van der Waals surface area contributed by atoms with Gasteiger partial charge >= 0.3 is 6.09 Å². The van der Waals surface area contributed by atoms with E-state index in [0.29, 0.717) is 41.5 Å². The molecule has 3 N–H and O–H groups in total. The first-order valence-electron chi connectivity index (χ1n) is 18.4. The van der Waals surface area contributed by atoms with Crippen LogP contribution in [-0.2, 0) is 16.0 Å². The number of hydrogen-bond acceptors (Lipinski definition) is 7. The van der Waals surface area contributed by atoms with Gasteiger partial charge in [0.05, 0.1) is 16.6 Å². The Hall–Kier alpha value is -5.88. The fourth-order valence-corrected chi connectivity index (χ4v) is 7.48. The SMILES string of the molecule is NCCCCCN(CC(=O)N1CCN(C(=O)c2cc(Cc3n[nH]c(=O)c4ccccc34)ccc2F)CC1)C(=O)OCC1c2ccccc2-c2ccccc21. The molecule has 1 aliphatic heterocycles. The molecule has 278 valence electrons. The first kappa shape index (κ1) is 36.5. The Labute approximate surface area is 312 Å². The molecule has 0 bridgehead atoms. The minimum atomic E-state index is -0.644. The molecule has 1 saturated heterocycles. The molecule has 0 spiro atoms. The lowest BCUT2D eigenvalue weighted by Crippen LogP contribution is -2.53. The van der Waals surface area contributed by atoms with Gasteiger partial charge in [-0.1, -0.05) is 79.2 Å². The van der Waals surface area contributed by atoms with Gasteiger partial charge in [0.2, 0.25) is 5.91 Å². The summed E-state index contributed by atoms with van der Waals surface area (Å²) in [4.78, 5) is 57.6. The summed E-state index contributed by atoms with van der Waals surface area (Å²) in [5, 5.41) is 7.91. The number of unbranched alkanes of at least 4 members (excludes halogenated alkanes) is 2. The average molecular weight is 731 g/mol. The number of nitrogens with two attached hydrogens (primary N) is 1. The summed E-state index contributed by atoms with van der Waals surface area (Å²) in [6, 6.07) is 27.8. The average Bonchev–Trinajstić information content (AvgIpc) is 3.53. The Kier molecular flexibility index (Phi) is 11.1. The Bertz CT molecular complexity index is 2190. The number of halogens is 1. The van der Waals surface area contributed by atoms with Crippen LogP contribution in [0.3, 0.4) is 0 Å². The van der Waals surface area contributed by atoms with Crippen molar-refractivity contribution in [3.05, 3.63) is 135 Å². The van der Waals surface area contributed by atoms with Gasteiger partial charge < -0.3 is 20.3 Å². The van der Waals surface area contributed by atoms with Gasteiger partial charge in [0.1, 0.15) is 19.0 Å². The number of piperazine rings is 1. The number of hydrogen-bond donors (Lipinski definition) is 2. The molecule has 5 aromatic rings. The van der Waals surface area contributed by atoms with Crippen molar-refractivity contribution in [2.24, 2.45) is 5.73 Å². The Morgan fingerprint density at radius 2 is 1.48 bits per heavy atom. The molecule has 0 unspecified atom stereocenters. The van der Waals surface area contributed by atoms with Crippen molar-refractivity contribution in [3.63, 3.8) is 0 Å². The molecular formula is C42H43FN6O5. The molecule has 0 radical (unpaired) electrons. The van der Waals surface area contributed by atoms with Crippen molar-refractivity contribution >= 4 is 28.7 Å². The number of carbonyl (C=O) groups is 3. The maximum absolute atomic E-state index is 15.1.